The summed E-state index contributed by atoms with van der Waals surface area (Å²) >= 11 is 6.11. The van der Waals surface area contributed by atoms with E-state index in [0.29, 0.717) is 17.3 Å². The number of anilines is 2. The van der Waals surface area contributed by atoms with Gasteiger partial charge in [-0.05, 0) is 43.2 Å². The van der Waals surface area contributed by atoms with Gasteiger partial charge in [0.25, 0.3) is 5.91 Å². The number of aromatic nitrogens is 1. The molecule has 23 heavy (non-hydrogen) atoms. The third kappa shape index (κ3) is 4.96. The molecule has 0 saturated carbocycles. The minimum Gasteiger partial charge on any atom is -0.354 e. The second-order valence-corrected chi connectivity index (χ2v) is 5.84. The predicted octanol–water partition coefficient (Wildman–Crippen LogP) is 4.71. The van der Waals surface area contributed by atoms with Crippen molar-refractivity contribution in [3.8, 4) is 0 Å². The summed E-state index contributed by atoms with van der Waals surface area (Å²) in [7, 11) is 0. The van der Waals surface area contributed by atoms with Gasteiger partial charge >= 0.3 is 0 Å². The van der Waals surface area contributed by atoms with Crippen LogP contribution in [0.1, 0.15) is 42.2 Å². The third-order valence-corrected chi connectivity index (χ3v) is 4.02. The van der Waals surface area contributed by atoms with Crippen molar-refractivity contribution in [3.05, 3.63) is 52.8 Å². The number of benzene rings is 1. The average Bonchev–Trinajstić information content (AvgIpc) is 2.56. The number of amides is 1. The molecule has 4 nitrogen and oxygen atoms in total. The highest BCUT2D eigenvalue weighted by Gasteiger charge is 2.07. The standard InChI is InChI=1S/C18H22ClN3O/c1-3-4-5-11-20-18(23)17-10-9-14(12-21-17)22-16-8-6-7-15(19)13(16)2/h6-10,12,22H,3-5,11H2,1-2H3,(H,20,23). The van der Waals surface area contributed by atoms with E-state index in [1.807, 2.05) is 31.2 Å². The number of hydrogen-bond acceptors (Lipinski definition) is 3. The van der Waals surface area contributed by atoms with Crippen LogP contribution in [-0.4, -0.2) is 17.4 Å². The Morgan fingerprint density at radius 3 is 2.74 bits per heavy atom. The minimum atomic E-state index is -0.133. The van der Waals surface area contributed by atoms with E-state index in [-0.39, 0.29) is 5.91 Å². The van der Waals surface area contributed by atoms with Crippen LogP contribution in [0.15, 0.2) is 36.5 Å². The summed E-state index contributed by atoms with van der Waals surface area (Å²) in [5, 5.41) is 6.85. The lowest BCUT2D eigenvalue weighted by Crippen LogP contribution is -2.25. The molecular weight excluding hydrogens is 310 g/mol. The Bertz CT molecular complexity index is 656. The summed E-state index contributed by atoms with van der Waals surface area (Å²) in [6.07, 6.45) is 4.91. The van der Waals surface area contributed by atoms with Crippen LogP contribution in [0.5, 0.6) is 0 Å². The molecule has 1 aromatic heterocycles. The van der Waals surface area contributed by atoms with Crippen LogP contribution in [0.25, 0.3) is 0 Å². The van der Waals surface area contributed by atoms with Crippen LogP contribution in [0.4, 0.5) is 11.4 Å². The normalized spacial score (nSPS) is 10.4. The molecule has 0 unspecified atom stereocenters. The van der Waals surface area contributed by atoms with Gasteiger partial charge in [0.1, 0.15) is 5.69 Å². The Kier molecular flexibility index (Phi) is 6.41. The Morgan fingerprint density at radius 2 is 2.04 bits per heavy atom. The van der Waals surface area contributed by atoms with Gasteiger partial charge in [0.2, 0.25) is 0 Å². The van der Waals surface area contributed by atoms with Gasteiger partial charge in [-0.1, -0.05) is 37.4 Å². The van der Waals surface area contributed by atoms with Crippen LogP contribution in [0.3, 0.4) is 0 Å². The van der Waals surface area contributed by atoms with Crippen molar-refractivity contribution in [1.82, 2.24) is 10.3 Å². The molecule has 0 fully saturated rings. The lowest BCUT2D eigenvalue weighted by atomic mass is 10.2. The molecule has 0 spiro atoms. The largest absolute Gasteiger partial charge is 0.354 e. The summed E-state index contributed by atoms with van der Waals surface area (Å²) in [5.41, 5.74) is 3.15. The first-order valence-electron chi connectivity index (χ1n) is 7.88. The molecule has 2 N–H and O–H groups in total. The quantitative estimate of drug-likeness (QED) is 0.722. The zero-order chi connectivity index (χ0) is 16.7. The summed E-state index contributed by atoms with van der Waals surface area (Å²) in [5.74, 6) is -0.133. The number of pyridine rings is 1. The Morgan fingerprint density at radius 1 is 1.22 bits per heavy atom. The first-order valence-corrected chi connectivity index (χ1v) is 8.26. The first kappa shape index (κ1) is 17.3. The topological polar surface area (TPSA) is 54.0 Å². The second-order valence-electron chi connectivity index (χ2n) is 5.43. The van der Waals surface area contributed by atoms with Crippen LogP contribution < -0.4 is 10.6 Å². The summed E-state index contributed by atoms with van der Waals surface area (Å²) in [6, 6.07) is 9.26. The van der Waals surface area contributed by atoms with Crippen molar-refractivity contribution < 1.29 is 4.79 Å². The van der Waals surface area contributed by atoms with E-state index >= 15 is 0 Å². The van der Waals surface area contributed by atoms with Gasteiger partial charge in [0.05, 0.1) is 11.9 Å². The van der Waals surface area contributed by atoms with Crippen LogP contribution >= 0.6 is 11.6 Å². The summed E-state index contributed by atoms with van der Waals surface area (Å²) in [4.78, 5) is 16.2. The predicted molar refractivity (Wildman–Crippen MR) is 95.6 cm³/mol. The van der Waals surface area contributed by atoms with E-state index in [1.54, 1.807) is 12.3 Å². The van der Waals surface area contributed by atoms with E-state index in [1.165, 1.54) is 0 Å². The molecule has 122 valence electrons. The Hall–Kier alpha value is -2.07. The number of nitrogens with one attached hydrogen (secondary N) is 2. The lowest BCUT2D eigenvalue weighted by molar-refractivity contribution is 0.0948. The molecule has 0 bridgehead atoms. The number of hydrogen-bond donors (Lipinski definition) is 2. The van der Waals surface area contributed by atoms with Crippen molar-refractivity contribution in [1.29, 1.82) is 0 Å². The van der Waals surface area contributed by atoms with E-state index in [9.17, 15) is 4.79 Å². The molecule has 1 amide bonds. The van der Waals surface area contributed by atoms with Crippen LogP contribution in [-0.2, 0) is 0 Å². The van der Waals surface area contributed by atoms with Crippen molar-refractivity contribution in [2.45, 2.75) is 33.1 Å². The highest BCUT2D eigenvalue weighted by Crippen LogP contribution is 2.25. The van der Waals surface area contributed by atoms with Crippen LogP contribution in [0, 0.1) is 6.92 Å². The number of nitrogens with zero attached hydrogens (tertiary/aromatic N) is 1. The Labute approximate surface area is 142 Å². The summed E-state index contributed by atoms with van der Waals surface area (Å²) in [6.45, 7) is 4.78. The molecular formula is C18H22ClN3O. The molecule has 5 heteroatoms. The van der Waals surface area contributed by atoms with Gasteiger partial charge in [-0.2, -0.15) is 0 Å². The Balaban J connectivity index is 1.96. The van der Waals surface area contributed by atoms with Crippen molar-refractivity contribution >= 4 is 28.9 Å². The van der Waals surface area contributed by atoms with Crippen LogP contribution in [0.2, 0.25) is 5.02 Å². The van der Waals surface area contributed by atoms with Crippen molar-refractivity contribution in [3.63, 3.8) is 0 Å². The number of unbranched alkanes of at least 4 members (excludes halogenated alkanes) is 2. The number of carbonyl (C=O) groups excluding carboxylic acids is 1. The molecule has 0 atom stereocenters. The van der Waals surface area contributed by atoms with Gasteiger partial charge in [-0.25, -0.2) is 4.98 Å². The SMILES string of the molecule is CCCCCNC(=O)c1ccc(Nc2cccc(Cl)c2C)cn1. The molecule has 1 heterocycles. The summed E-state index contributed by atoms with van der Waals surface area (Å²) < 4.78 is 0. The van der Waals surface area contributed by atoms with E-state index in [0.717, 1.165) is 36.2 Å². The average molecular weight is 332 g/mol. The number of rotatable bonds is 7. The zero-order valence-corrected chi connectivity index (χ0v) is 14.3. The number of carbonyl (C=O) groups is 1. The molecule has 1 aromatic carbocycles. The van der Waals surface area contributed by atoms with E-state index in [4.69, 9.17) is 11.6 Å². The molecule has 2 rings (SSSR count). The highest BCUT2D eigenvalue weighted by atomic mass is 35.5. The van der Waals surface area contributed by atoms with E-state index < -0.39 is 0 Å². The lowest BCUT2D eigenvalue weighted by Gasteiger charge is -2.11. The molecule has 2 aromatic rings. The van der Waals surface area contributed by atoms with Gasteiger partial charge in [0, 0.05) is 17.3 Å². The molecule has 0 saturated heterocycles. The smallest absolute Gasteiger partial charge is 0.269 e. The maximum atomic E-state index is 12.0. The number of halogens is 1. The fraction of sp³-hybridized carbons (Fsp3) is 0.333. The maximum absolute atomic E-state index is 12.0. The van der Waals surface area contributed by atoms with Crippen molar-refractivity contribution in [2.24, 2.45) is 0 Å². The first-order chi connectivity index (χ1) is 11.1. The van der Waals surface area contributed by atoms with Crippen molar-refractivity contribution in [2.75, 3.05) is 11.9 Å². The molecule has 0 aliphatic carbocycles. The second kappa shape index (κ2) is 8.53. The monoisotopic (exact) mass is 331 g/mol. The molecule has 0 radical (unpaired) electrons. The third-order valence-electron chi connectivity index (χ3n) is 3.61. The van der Waals surface area contributed by atoms with Gasteiger partial charge < -0.3 is 10.6 Å². The van der Waals surface area contributed by atoms with Gasteiger partial charge in [-0.3, -0.25) is 4.79 Å². The minimum absolute atomic E-state index is 0.133. The van der Waals surface area contributed by atoms with Gasteiger partial charge in [-0.15, -0.1) is 0 Å². The zero-order valence-electron chi connectivity index (χ0n) is 13.5. The fourth-order valence-electron chi connectivity index (χ4n) is 2.17. The highest BCUT2D eigenvalue weighted by molar-refractivity contribution is 6.31. The maximum Gasteiger partial charge on any atom is 0.269 e. The van der Waals surface area contributed by atoms with Gasteiger partial charge in [0.15, 0.2) is 0 Å². The molecule has 0 aliphatic heterocycles. The fourth-order valence-corrected chi connectivity index (χ4v) is 2.34. The van der Waals surface area contributed by atoms with E-state index in [2.05, 4.69) is 22.5 Å². The molecule has 0 aliphatic rings.